The van der Waals surface area contributed by atoms with Crippen molar-refractivity contribution in [3.05, 3.63) is 51.5 Å². The van der Waals surface area contributed by atoms with Gasteiger partial charge in [0, 0.05) is 23.5 Å². The number of rotatable bonds is 9. The molecule has 4 rings (SSSR count). The highest BCUT2D eigenvalue weighted by atomic mass is 32.1. The standard InChI is InChI=1S/C26H36N4O2S.C2H6.CH2O.BH2N/c1-18-8-6-11-20(14-18)25(32)22-17-33-26(29-22)23-12-7-13-30(23)16-21(28-24(31)15-27-2)19-9-4-3-5-10-19;3*1-2/h6,8,11,14,17,19,21,23,27H,3-5,7,9-10,12-13,15-16H2,1-2H3,(H,28,31);1-2H3;1H2;2H2/t21?,23-;;;/m0.../s1. The first kappa shape index (κ1) is 34.6. The first-order chi connectivity index (χ1) is 19.0. The minimum absolute atomic E-state index is 0.00911. The average molecular weight is 556 g/mol. The third-order valence-corrected chi connectivity index (χ3v) is 7.96. The van der Waals surface area contributed by atoms with E-state index in [4.69, 9.17) is 9.78 Å². The number of likely N-dealkylation sites (N-methyl/N-ethyl adjacent to an activating group) is 1. The molecule has 1 aliphatic heterocycles. The Labute approximate surface area is 240 Å². The highest BCUT2D eigenvalue weighted by molar-refractivity contribution is 7.10. The summed E-state index contributed by atoms with van der Waals surface area (Å²) in [5.41, 5.74) is 6.31. The summed E-state index contributed by atoms with van der Waals surface area (Å²) in [4.78, 5) is 40.6. The number of benzene rings is 1. The molecule has 1 saturated heterocycles. The summed E-state index contributed by atoms with van der Waals surface area (Å²) in [7, 11) is 5.81. The SMILES string of the molecule is C=O.CC.CNCC(=O)NC(CN1CCC[C@H]1c1nc(C(=O)c2cccc(C)c2)cs1)C1CCCCC1.[B]N. The summed E-state index contributed by atoms with van der Waals surface area (Å²) in [6, 6.07) is 8.09. The fourth-order valence-corrected chi connectivity index (χ4v) is 6.29. The number of amides is 1. The van der Waals surface area contributed by atoms with Crippen molar-refractivity contribution in [2.24, 2.45) is 11.6 Å². The van der Waals surface area contributed by atoms with Crippen molar-refractivity contribution in [1.29, 1.82) is 0 Å². The monoisotopic (exact) mass is 555 g/mol. The number of hydrogen-bond donors (Lipinski definition) is 3. The van der Waals surface area contributed by atoms with Gasteiger partial charge in [-0.1, -0.05) is 56.9 Å². The van der Waals surface area contributed by atoms with Gasteiger partial charge in [0.25, 0.3) is 0 Å². The molecule has 2 fully saturated rings. The van der Waals surface area contributed by atoms with E-state index in [1.807, 2.05) is 64.3 Å². The topological polar surface area (TPSA) is 117 Å². The summed E-state index contributed by atoms with van der Waals surface area (Å²) in [5.74, 6) is 0.602. The first-order valence-electron chi connectivity index (χ1n) is 13.9. The molecule has 1 aliphatic carbocycles. The predicted molar refractivity (Wildman–Crippen MR) is 161 cm³/mol. The van der Waals surface area contributed by atoms with Gasteiger partial charge in [-0.3, -0.25) is 14.5 Å². The van der Waals surface area contributed by atoms with Gasteiger partial charge < -0.3 is 21.1 Å². The van der Waals surface area contributed by atoms with E-state index in [2.05, 4.69) is 29.2 Å². The van der Waals surface area contributed by atoms with Crippen LogP contribution in [0, 0.1) is 12.8 Å². The number of aryl methyl sites for hydroxylation is 1. The lowest BCUT2D eigenvalue weighted by Crippen LogP contribution is -2.50. The molecule has 8 nitrogen and oxygen atoms in total. The second kappa shape index (κ2) is 19.6. The van der Waals surface area contributed by atoms with Gasteiger partial charge in [0.2, 0.25) is 11.7 Å². The maximum atomic E-state index is 13.0. The minimum Gasteiger partial charge on any atom is -0.380 e. The van der Waals surface area contributed by atoms with E-state index in [-0.39, 0.29) is 23.8 Å². The van der Waals surface area contributed by atoms with Crippen molar-refractivity contribution in [2.75, 3.05) is 26.7 Å². The average Bonchev–Trinajstić information content (AvgIpc) is 3.66. The third kappa shape index (κ3) is 10.6. The Balaban J connectivity index is 0.00000119. The minimum atomic E-state index is -0.00911. The normalized spacial score (nSPS) is 17.8. The maximum absolute atomic E-state index is 13.0. The maximum Gasteiger partial charge on any atom is 0.234 e. The van der Waals surface area contributed by atoms with Crippen LogP contribution in [-0.2, 0) is 9.59 Å². The summed E-state index contributed by atoms with van der Waals surface area (Å²) >= 11 is 1.59. The summed E-state index contributed by atoms with van der Waals surface area (Å²) < 4.78 is 0. The molecule has 1 amide bonds. The zero-order valence-electron chi connectivity index (χ0n) is 24.1. The predicted octanol–water partition coefficient (Wildman–Crippen LogP) is 3.97. The van der Waals surface area contributed by atoms with Gasteiger partial charge in [0.1, 0.15) is 17.5 Å². The van der Waals surface area contributed by atoms with E-state index in [0.717, 1.165) is 36.5 Å². The quantitative estimate of drug-likeness (QED) is 0.317. The Hall–Kier alpha value is -2.40. The molecule has 2 radical (unpaired) electrons. The number of nitrogens with zero attached hydrogens (tertiary/aromatic N) is 2. The lowest BCUT2D eigenvalue weighted by Gasteiger charge is -2.35. The van der Waals surface area contributed by atoms with Crippen LogP contribution >= 0.6 is 11.3 Å². The number of carbonyl (C=O) groups excluding carboxylic acids is 3. The lowest BCUT2D eigenvalue weighted by molar-refractivity contribution is -0.121. The molecule has 2 aromatic rings. The fourth-order valence-electron chi connectivity index (χ4n) is 5.32. The molecular weight excluding hydrogens is 509 g/mol. The van der Waals surface area contributed by atoms with E-state index in [1.165, 1.54) is 32.1 Å². The molecule has 2 aliphatic rings. The molecular formula is C29H46BN5O3S. The van der Waals surface area contributed by atoms with Crippen molar-refractivity contribution in [3.8, 4) is 0 Å². The molecule has 2 heterocycles. The number of thiazole rings is 1. The van der Waals surface area contributed by atoms with Crippen LogP contribution in [0.25, 0.3) is 0 Å². The van der Waals surface area contributed by atoms with Gasteiger partial charge in [0.05, 0.1) is 12.6 Å². The van der Waals surface area contributed by atoms with Crippen LogP contribution in [0.1, 0.15) is 91.5 Å². The molecule has 10 heteroatoms. The number of nitrogens with two attached hydrogens (primary N) is 1. The fraction of sp³-hybridized carbons (Fsp3) is 0.586. The first-order valence-corrected chi connectivity index (χ1v) is 14.8. The van der Waals surface area contributed by atoms with Crippen LogP contribution in [0.15, 0.2) is 29.6 Å². The number of likely N-dealkylation sites (tertiary alicyclic amines) is 1. The molecule has 1 aromatic heterocycles. The van der Waals surface area contributed by atoms with Crippen molar-refractivity contribution in [1.82, 2.24) is 20.5 Å². The van der Waals surface area contributed by atoms with Gasteiger partial charge in [-0.05, 0) is 58.2 Å². The van der Waals surface area contributed by atoms with Crippen molar-refractivity contribution in [2.45, 2.75) is 77.8 Å². The number of hydrogen-bond acceptors (Lipinski definition) is 8. The number of aromatic nitrogens is 1. The zero-order valence-corrected chi connectivity index (χ0v) is 24.9. The summed E-state index contributed by atoms with van der Waals surface area (Å²) in [6.07, 6.45) is 8.36. The molecule has 1 saturated carbocycles. The molecule has 0 spiro atoms. The van der Waals surface area contributed by atoms with Gasteiger partial charge in [-0.15, -0.1) is 11.3 Å². The molecule has 1 unspecified atom stereocenters. The van der Waals surface area contributed by atoms with Gasteiger partial charge in [0.15, 0.2) is 7.98 Å². The van der Waals surface area contributed by atoms with E-state index in [0.29, 0.717) is 23.7 Å². The van der Waals surface area contributed by atoms with Crippen LogP contribution in [0.4, 0.5) is 0 Å². The smallest absolute Gasteiger partial charge is 0.234 e. The highest BCUT2D eigenvalue weighted by Crippen LogP contribution is 2.36. The second-order valence-electron chi connectivity index (χ2n) is 9.52. The number of carbonyl (C=O) groups is 3. The van der Waals surface area contributed by atoms with Crippen LogP contribution < -0.4 is 16.3 Å². The lowest BCUT2D eigenvalue weighted by atomic mass is 9.83. The van der Waals surface area contributed by atoms with Crippen molar-refractivity contribution in [3.63, 3.8) is 0 Å². The third-order valence-electron chi connectivity index (χ3n) is 7.02. The van der Waals surface area contributed by atoms with Gasteiger partial charge >= 0.3 is 0 Å². The number of nitrogens with one attached hydrogen (secondary N) is 2. The Morgan fingerprint density at radius 2 is 1.85 bits per heavy atom. The Bertz CT molecular complexity index is 983. The second-order valence-corrected chi connectivity index (χ2v) is 10.4. The van der Waals surface area contributed by atoms with E-state index < -0.39 is 0 Å². The van der Waals surface area contributed by atoms with Gasteiger partial charge in [-0.25, -0.2) is 4.98 Å². The molecule has 0 bridgehead atoms. The molecule has 39 heavy (non-hydrogen) atoms. The number of ketones is 1. The van der Waals surface area contributed by atoms with Gasteiger partial charge in [-0.2, -0.15) is 0 Å². The van der Waals surface area contributed by atoms with Crippen LogP contribution in [0.3, 0.4) is 0 Å². The molecule has 214 valence electrons. The molecule has 2 atom stereocenters. The Kier molecular flexibility index (Phi) is 17.4. The van der Waals surface area contributed by atoms with E-state index in [9.17, 15) is 9.59 Å². The Morgan fingerprint density at radius 3 is 2.49 bits per heavy atom. The molecule has 1 aromatic carbocycles. The Morgan fingerprint density at radius 1 is 1.15 bits per heavy atom. The van der Waals surface area contributed by atoms with E-state index >= 15 is 0 Å². The molecule has 4 N–H and O–H groups in total. The zero-order chi connectivity index (χ0) is 29.2. The van der Waals surface area contributed by atoms with Crippen molar-refractivity contribution >= 4 is 37.8 Å². The van der Waals surface area contributed by atoms with Crippen LogP contribution in [0.2, 0.25) is 0 Å². The highest BCUT2D eigenvalue weighted by Gasteiger charge is 2.34. The van der Waals surface area contributed by atoms with E-state index in [1.54, 1.807) is 11.3 Å². The summed E-state index contributed by atoms with van der Waals surface area (Å²) in [5, 5.41) is 9.22. The van der Waals surface area contributed by atoms with Crippen molar-refractivity contribution < 1.29 is 14.4 Å². The van der Waals surface area contributed by atoms with Crippen LogP contribution in [0.5, 0.6) is 0 Å². The summed E-state index contributed by atoms with van der Waals surface area (Å²) in [6.45, 7) is 10.2. The largest absolute Gasteiger partial charge is 0.380 e. The van der Waals surface area contributed by atoms with Crippen LogP contribution in [-0.4, -0.2) is 69.1 Å².